The van der Waals surface area contributed by atoms with Gasteiger partial charge in [-0.2, -0.15) is 0 Å². The van der Waals surface area contributed by atoms with Crippen LogP contribution in [0, 0.1) is 15.5 Å². The molecule has 1 fully saturated rings. The van der Waals surface area contributed by atoms with Crippen molar-refractivity contribution >= 4 is 34.8 Å². The van der Waals surface area contributed by atoms with Gasteiger partial charge >= 0.3 is 0 Å². The summed E-state index contributed by atoms with van der Waals surface area (Å²) in [6.07, 6.45) is 3.74. The summed E-state index contributed by atoms with van der Waals surface area (Å²) in [6, 6.07) is 25.3. The number of fused-ring (bicyclic) bond motifs is 5. The second-order valence-corrected chi connectivity index (χ2v) is 10.9. The molecular weight excluding hydrogens is 544 g/mol. The van der Waals surface area contributed by atoms with Gasteiger partial charge in [-0.1, -0.05) is 84.9 Å². The van der Waals surface area contributed by atoms with E-state index in [9.17, 15) is 24.5 Å². The van der Waals surface area contributed by atoms with Crippen molar-refractivity contribution in [2.24, 2.45) is 5.41 Å². The first kappa shape index (κ1) is 26.5. The molecule has 4 aromatic rings. The Labute approximate surface area is 247 Å². The van der Waals surface area contributed by atoms with Crippen LogP contribution in [-0.2, 0) is 0 Å². The van der Waals surface area contributed by atoms with Crippen molar-refractivity contribution in [3.8, 4) is 5.75 Å². The molecule has 4 aromatic carbocycles. The third-order valence-corrected chi connectivity index (χ3v) is 8.88. The number of hydrogen-bond donors (Lipinski definition) is 0. The molecular formula is C35H26N2O6. The fourth-order valence-electron chi connectivity index (χ4n) is 7.23. The zero-order valence-corrected chi connectivity index (χ0v) is 23.2. The first-order chi connectivity index (χ1) is 20.9. The molecule has 0 bridgehead atoms. The van der Waals surface area contributed by atoms with E-state index >= 15 is 0 Å². The zero-order valence-electron chi connectivity index (χ0n) is 23.2. The van der Waals surface area contributed by atoms with Crippen LogP contribution in [0.2, 0.25) is 0 Å². The Morgan fingerprint density at radius 3 is 2.30 bits per heavy atom. The van der Waals surface area contributed by atoms with Crippen molar-refractivity contribution in [3.05, 3.63) is 141 Å². The minimum absolute atomic E-state index is 0.122. The second kappa shape index (κ2) is 9.87. The fourth-order valence-corrected chi connectivity index (χ4v) is 7.23. The lowest BCUT2D eigenvalue weighted by Crippen LogP contribution is -2.48. The molecule has 0 radical (unpaired) electrons. The lowest BCUT2D eigenvalue weighted by atomic mass is 9.64. The number of Topliss-reactive ketones (excluding diaryl/α,β-unsaturated/α-hetero) is 3. The Morgan fingerprint density at radius 2 is 1.58 bits per heavy atom. The van der Waals surface area contributed by atoms with E-state index in [-0.39, 0.29) is 22.8 Å². The van der Waals surface area contributed by atoms with Gasteiger partial charge in [0, 0.05) is 46.0 Å². The average Bonchev–Trinajstić information content (AvgIpc) is 3.47. The lowest BCUT2D eigenvalue weighted by molar-refractivity contribution is -0.384. The molecule has 0 N–H and O–H groups in total. The van der Waals surface area contributed by atoms with Gasteiger partial charge in [0.25, 0.3) is 5.69 Å². The summed E-state index contributed by atoms with van der Waals surface area (Å²) in [5.74, 6) is -1.63. The van der Waals surface area contributed by atoms with Crippen LogP contribution in [0.5, 0.6) is 5.75 Å². The van der Waals surface area contributed by atoms with E-state index in [1.54, 1.807) is 42.5 Å². The van der Waals surface area contributed by atoms with Crippen LogP contribution in [0.1, 0.15) is 55.0 Å². The highest BCUT2D eigenvalue weighted by molar-refractivity contribution is 6.32. The summed E-state index contributed by atoms with van der Waals surface area (Å²) in [5, 5.41) is 11.7. The van der Waals surface area contributed by atoms with Crippen LogP contribution < -0.4 is 9.64 Å². The minimum atomic E-state index is -1.69. The van der Waals surface area contributed by atoms with E-state index < -0.39 is 34.1 Å². The van der Waals surface area contributed by atoms with Crippen LogP contribution in [0.3, 0.4) is 0 Å². The first-order valence-electron chi connectivity index (χ1n) is 14.1. The number of ketones is 3. The van der Waals surface area contributed by atoms with Crippen molar-refractivity contribution < 1.29 is 24.0 Å². The lowest BCUT2D eigenvalue weighted by Gasteiger charge is -2.37. The molecule has 7 rings (SSSR count). The van der Waals surface area contributed by atoms with Crippen molar-refractivity contribution in [2.75, 3.05) is 11.5 Å². The normalized spacial score (nSPS) is 21.0. The van der Waals surface area contributed by atoms with Crippen LogP contribution in [-0.4, -0.2) is 41.0 Å². The Morgan fingerprint density at radius 1 is 0.907 bits per heavy atom. The van der Waals surface area contributed by atoms with Crippen LogP contribution >= 0.6 is 0 Å². The largest absolute Gasteiger partial charge is 0.494 e. The Balaban J connectivity index is 1.56. The number of nitrogens with zero attached hydrogens (tertiary/aromatic N) is 2. The van der Waals surface area contributed by atoms with Crippen LogP contribution in [0.4, 0.5) is 11.4 Å². The molecule has 0 saturated carbocycles. The van der Waals surface area contributed by atoms with E-state index in [0.29, 0.717) is 34.7 Å². The van der Waals surface area contributed by atoms with Gasteiger partial charge in [-0.3, -0.25) is 24.5 Å². The number of anilines is 1. The molecule has 0 aromatic heterocycles. The van der Waals surface area contributed by atoms with Gasteiger partial charge < -0.3 is 9.64 Å². The number of para-hydroxylation sites is 2. The van der Waals surface area contributed by atoms with Gasteiger partial charge in [0.15, 0.2) is 17.3 Å². The number of rotatable bonds is 6. The third-order valence-electron chi connectivity index (χ3n) is 8.88. The highest BCUT2D eigenvalue weighted by Gasteiger charge is 2.72. The molecule has 3 aliphatic rings. The Hall–Kier alpha value is -5.37. The molecule has 0 amide bonds. The fraction of sp³-hybridized carbons (Fsp3) is 0.171. The highest BCUT2D eigenvalue weighted by Crippen LogP contribution is 2.62. The number of ether oxygens (including phenoxy) is 1. The summed E-state index contributed by atoms with van der Waals surface area (Å²) in [7, 11) is 0. The predicted octanol–water partition coefficient (Wildman–Crippen LogP) is 6.31. The van der Waals surface area contributed by atoms with Gasteiger partial charge in [0.1, 0.15) is 17.2 Å². The SMILES string of the molecule is CCOc1ccccc1[C@@H]1[C@@H](C(=O)c2cccc([N+](=O)[O-])c2)N2c3ccccc3C=C[C@@H]2C12C(=O)c1ccccc1C2=O. The third kappa shape index (κ3) is 3.65. The number of non-ortho nitro benzene ring substituents is 1. The summed E-state index contributed by atoms with van der Waals surface area (Å²) < 4.78 is 6.05. The van der Waals surface area contributed by atoms with E-state index in [2.05, 4.69) is 0 Å². The van der Waals surface area contributed by atoms with Gasteiger partial charge in [-0.15, -0.1) is 0 Å². The number of carbonyl (C=O) groups is 3. The smallest absolute Gasteiger partial charge is 0.270 e. The van der Waals surface area contributed by atoms with Gasteiger partial charge in [0.05, 0.1) is 17.6 Å². The Kier molecular flexibility index (Phi) is 6.09. The van der Waals surface area contributed by atoms with E-state index in [4.69, 9.17) is 4.74 Å². The topological polar surface area (TPSA) is 107 Å². The summed E-state index contributed by atoms with van der Waals surface area (Å²) >= 11 is 0. The van der Waals surface area contributed by atoms with Crippen molar-refractivity contribution in [1.29, 1.82) is 0 Å². The Bertz CT molecular complexity index is 1840. The monoisotopic (exact) mass is 570 g/mol. The summed E-state index contributed by atoms with van der Waals surface area (Å²) in [5.41, 5.74) is 0.942. The first-order valence-corrected chi connectivity index (χ1v) is 14.1. The van der Waals surface area contributed by atoms with E-state index in [0.717, 1.165) is 5.56 Å². The van der Waals surface area contributed by atoms with Crippen molar-refractivity contribution in [3.63, 3.8) is 0 Å². The predicted molar refractivity (Wildman–Crippen MR) is 161 cm³/mol. The molecule has 1 saturated heterocycles. The molecule has 0 unspecified atom stereocenters. The zero-order chi connectivity index (χ0) is 29.9. The van der Waals surface area contributed by atoms with Crippen LogP contribution in [0.25, 0.3) is 6.08 Å². The highest BCUT2D eigenvalue weighted by atomic mass is 16.6. The van der Waals surface area contributed by atoms with Gasteiger partial charge in [0.2, 0.25) is 0 Å². The average molecular weight is 571 g/mol. The van der Waals surface area contributed by atoms with Crippen LogP contribution in [0.15, 0.2) is 103 Å². The molecule has 8 nitrogen and oxygen atoms in total. The van der Waals surface area contributed by atoms with E-state index in [1.165, 1.54) is 18.2 Å². The number of nitro benzene ring substituents is 1. The number of hydrogen-bond acceptors (Lipinski definition) is 7. The number of carbonyl (C=O) groups excluding carboxylic acids is 3. The molecule has 8 heteroatoms. The van der Waals surface area contributed by atoms with E-state index in [1.807, 2.05) is 60.4 Å². The molecule has 212 valence electrons. The molecule has 2 aliphatic heterocycles. The minimum Gasteiger partial charge on any atom is -0.494 e. The van der Waals surface area contributed by atoms with Crippen molar-refractivity contribution in [1.82, 2.24) is 0 Å². The summed E-state index contributed by atoms with van der Waals surface area (Å²) in [4.78, 5) is 57.4. The van der Waals surface area contributed by atoms with Crippen molar-refractivity contribution in [2.45, 2.75) is 24.9 Å². The number of nitro groups is 1. The van der Waals surface area contributed by atoms with Gasteiger partial charge in [-0.05, 0) is 24.6 Å². The number of benzene rings is 4. The van der Waals surface area contributed by atoms with Gasteiger partial charge in [-0.25, -0.2) is 0 Å². The molecule has 1 spiro atoms. The molecule has 43 heavy (non-hydrogen) atoms. The standard InChI is InChI=1S/C35H26N2O6/c1-2-43-28-17-8-6-15-26(28)30-31(32(38)22-11-9-12-23(20-22)37(41)42)36-27-16-7-3-10-21(27)18-19-29(36)35(30)33(39)24-13-4-5-14-25(24)34(35)40/h3-20,29-31H,2H2,1H3/t29-,30-,31+/m1/s1. The maximum absolute atomic E-state index is 14.8. The molecule has 2 heterocycles. The molecule has 1 aliphatic carbocycles. The maximum atomic E-state index is 14.8. The quantitative estimate of drug-likeness (QED) is 0.116. The molecule has 3 atom stereocenters. The second-order valence-electron chi connectivity index (χ2n) is 10.9. The summed E-state index contributed by atoms with van der Waals surface area (Å²) in [6.45, 7) is 2.18. The maximum Gasteiger partial charge on any atom is 0.270 e.